The number of carbonyl (C=O) groups excluding carboxylic acids is 1. The molecule has 82 valence electrons. The molecular formula is C11H21NO2. The molecular weight excluding hydrogens is 178 g/mol. The van der Waals surface area contributed by atoms with Gasteiger partial charge in [0.25, 0.3) is 0 Å². The molecule has 0 aromatic carbocycles. The van der Waals surface area contributed by atoms with Gasteiger partial charge >= 0.3 is 5.97 Å². The number of ether oxygens (including phenoxy) is 1. The fraction of sp³-hybridized carbons (Fsp3) is 0.727. The van der Waals surface area contributed by atoms with Crippen LogP contribution < -0.4 is 5.32 Å². The zero-order valence-corrected chi connectivity index (χ0v) is 9.27. The highest BCUT2D eigenvalue weighted by atomic mass is 16.5. The van der Waals surface area contributed by atoms with Gasteiger partial charge in [0.05, 0.1) is 0 Å². The van der Waals surface area contributed by atoms with Gasteiger partial charge in [-0.15, -0.1) is 0 Å². The zero-order chi connectivity index (χ0) is 10.8. The lowest BCUT2D eigenvalue weighted by Crippen LogP contribution is -2.22. The molecule has 0 rings (SSSR count). The van der Waals surface area contributed by atoms with E-state index < -0.39 is 0 Å². The summed E-state index contributed by atoms with van der Waals surface area (Å²) >= 11 is 0. The van der Waals surface area contributed by atoms with Gasteiger partial charge in [0.2, 0.25) is 0 Å². The third kappa shape index (κ3) is 7.80. The first-order chi connectivity index (χ1) is 6.68. The van der Waals surface area contributed by atoms with E-state index in [4.69, 9.17) is 4.74 Å². The van der Waals surface area contributed by atoms with E-state index in [1.807, 2.05) is 0 Å². The maximum atomic E-state index is 10.9. The van der Waals surface area contributed by atoms with Gasteiger partial charge in [0.1, 0.15) is 6.61 Å². The second kappa shape index (κ2) is 8.75. The van der Waals surface area contributed by atoms with Crippen molar-refractivity contribution in [2.75, 3.05) is 19.7 Å². The maximum Gasteiger partial charge on any atom is 0.333 e. The highest BCUT2D eigenvalue weighted by Crippen LogP contribution is 1.92. The quantitative estimate of drug-likeness (QED) is 0.368. The Kier molecular flexibility index (Phi) is 8.24. The SMILES string of the molecule is C=C(C)C(=O)OCCNCCCCC. The van der Waals surface area contributed by atoms with E-state index in [2.05, 4.69) is 18.8 Å². The Bertz CT molecular complexity index is 178. The lowest BCUT2D eigenvalue weighted by Gasteiger charge is -2.05. The van der Waals surface area contributed by atoms with Gasteiger partial charge in [-0.1, -0.05) is 26.3 Å². The first-order valence-corrected chi connectivity index (χ1v) is 5.21. The predicted molar refractivity (Wildman–Crippen MR) is 58.2 cm³/mol. The van der Waals surface area contributed by atoms with Gasteiger partial charge in [0, 0.05) is 12.1 Å². The van der Waals surface area contributed by atoms with Crippen LogP contribution in [0.15, 0.2) is 12.2 Å². The molecule has 0 atom stereocenters. The van der Waals surface area contributed by atoms with Crippen LogP contribution in [0.5, 0.6) is 0 Å². The lowest BCUT2D eigenvalue weighted by atomic mass is 10.2. The summed E-state index contributed by atoms with van der Waals surface area (Å²) in [5.41, 5.74) is 0.455. The van der Waals surface area contributed by atoms with Crippen LogP contribution in [0, 0.1) is 0 Å². The number of unbranched alkanes of at least 4 members (excludes halogenated alkanes) is 2. The fourth-order valence-electron chi connectivity index (χ4n) is 0.964. The van der Waals surface area contributed by atoms with Crippen molar-refractivity contribution in [2.45, 2.75) is 33.1 Å². The first-order valence-electron chi connectivity index (χ1n) is 5.21. The van der Waals surface area contributed by atoms with Crippen molar-refractivity contribution in [1.82, 2.24) is 5.32 Å². The summed E-state index contributed by atoms with van der Waals surface area (Å²) in [6.45, 7) is 9.48. The standard InChI is InChI=1S/C11H21NO2/c1-4-5-6-7-12-8-9-14-11(13)10(2)3/h12H,2,4-9H2,1,3H3. The predicted octanol–water partition coefficient (Wildman–Crippen LogP) is 1.89. The van der Waals surface area contributed by atoms with E-state index in [1.54, 1.807) is 6.92 Å². The average Bonchev–Trinajstić information content (AvgIpc) is 2.16. The van der Waals surface area contributed by atoms with Crippen molar-refractivity contribution in [3.8, 4) is 0 Å². The summed E-state index contributed by atoms with van der Waals surface area (Å²) in [6.07, 6.45) is 3.66. The van der Waals surface area contributed by atoms with Crippen LogP contribution in [0.25, 0.3) is 0 Å². The lowest BCUT2D eigenvalue weighted by molar-refractivity contribution is -0.138. The molecule has 0 aliphatic carbocycles. The van der Waals surface area contributed by atoms with Crippen LogP contribution in [-0.4, -0.2) is 25.7 Å². The Morgan fingerprint density at radius 3 is 2.64 bits per heavy atom. The molecule has 0 radical (unpaired) electrons. The topological polar surface area (TPSA) is 38.3 Å². The molecule has 0 bridgehead atoms. The van der Waals surface area contributed by atoms with Crippen LogP contribution in [-0.2, 0) is 9.53 Å². The van der Waals surface area contributed by atoms with Crippen LogP contribution >= 0.6 is 0 Å². The van der Waals surface area contributed by atoms with E-state index >= 15 is 0 Å². The van der Waals surface area contributed by atoms with Gasteiger partial charge in [-0.3, -0.25) is 0 Å². The minimum absolute atomic E-state index is 0.305. The average molecular weight is 199 g/mol. The molecule has 0 aliphatic rings. The molecule has 0 aliphatic heterocycles. The van der Waals surface area contributed by atoms with Gasteiger partial charge in [-0.25, -0.2) is 4.79 Å². The molecule has 0 aromatic heterocycles. The van der Waals surface area contributed by atoms with E-state index in [-0.39, 0.29) is 5.97 Å². The minimum atomic E-state index is -0.305. The normalized spacial score (nSPS) is 9.86. The zero-order valence-electron chi connectivity index (χ0n) is 9.27. The third-order valence-electron chi connectivity index (χ3n) is 1.82. The molecule has 14 heavy (non-hydrogen) atoms. The van der Waals surface area contributed by atoms with Crippen molar-refractivity contribution in [3.63, 3.8) is 0 Å². The van der Waals surface area contributed by atoms with Crippen molar-refractivity contribution in [3.05, 3.63) is 12.2 Å². The van der Waals surface area contributed by atoms with Crippen molar-refractivity contribution in [2.24, 2.45) is 0 Å². The van der Waals surface area contributed by atoms with E-state index in [9.17, 15) is 4.79 Å². The van der Waals surface area contributed by atoms with Crippen molar-refractivity contribution in [1.29, 1.82) is 0 Å². The molecule has 0 heterocycles. The Morgan fingerprint density at radius 1 is 1.36 bits per heavy atom. The largest absolute Gasteiger partial charge is 0.461 e. The number of hydrogen-bond acceptors (Lipinski definition) is 3. The number of rotatable bonds is 8. The molecule has 3 heteroatoms. The Hall–Kier alpha value is -0.830. The molecule has 1 N–H and O–H groups in total. The monoisotopic (exact) mass is 199 g/mol. The number of nitrogens with one attached hydrogen (secondary N) is 1. The van der Waals surface area contributed by atoms with Crippen LogP contribution in [0.2, 0.25) is 0 Å². The first kappa shape index (κ1) is 13.2. The summed E-state index contributed by atoms with van der Waals surface area (Å²) in [5.74, 6) is -0.305. The Labute approximate surface area is 86.5 Å². The summed E-state index contributed by atoms with van der Waals surface area (Å²) in [6, 6.07) is 0. The fourth-order valence-corrected chi connectivity index (χ4v) is 0.964. The maximum absolute atomic E-state index is 10.9. The van der Waals surface area contributed by atoms with Gasteiger partial charge in [0.15, 0.2) is 0 Å². The smallest absolute Gasteiger partial charge is 0.333 e. The number of carbonyl (C=O) groups is 1. The Morgan fingerprint density at radius 2 is 2.07 bits per heavy atom. The molecule has 0 saturated carbocycles. The summed E-state index contributed by atoms with van der Waals surface area (Å²) < 4.78 is 4.91. The molecule has 0 fully saturated rings. The third-order valence-corrected chi connectivity index (χ3v) is 1.82. The van der Waals surface area contributed by atoms with E-state index in [1.165, 1.54) is 19.3 Å². The van der Waals surface area contributed by atoms with Gasteiger partial charge < -0.3 is 10.1 Å². The van der Waals surface area contributed by atoms with E-state index in [0.717, 1.165) is 13.1 Å². The van der Waals surface area contributed by atoms with Crippen LogP contribution in [0.4, 0.5) is 0 Å². The van der Waals surface area contributed by atoms with Crippen molar-refractivity contribution < 1.29 is 9.53 Å². The highest BCUT2D eigenvalue weighted by molar-refractivity contribution is 5.86. The molecule has 3 nitrogen and oxygen atoms in total. The van der Waals surface area contributed by atoms with Crippen LogP contribution in [0.3, 0.4) is 0 Å². The second-order valence-electron chi connectivity index (χ2n) is 3.37. The number of esters is 1. The highest BCUT2D eigenvalue weighted by Gasteiger charge is 2.00. The molecule has 0 aromatic rings. The molecule has 0 amide bonds. The molecule has 0 saturated heterocycles. The summed E-state index contributed by atoms with van der Waals surface area (Å²) in [7, 11) is 0. The van der Waals surface area contributed by atoms with Crippen molar-refractivity contribution >= 4 is 5.97 Å². The Balaban J connectivity index is 3.13. The van der Waals surface area contributed by atoms with Gasteiger partial charge in [-0.05, 0) is 19.9 Å². The van der Waals surface area contributed by atoms with Crippen LogP contribution in [0.1, 0.15) is 33.1 Å². The minimum Gasteiger partial charge on any atom is -0.461 e. The van der Waals surface area contributed by atoms with E-state index in [0.29, 0.717) is 12.2 Å². The molecule has 0 spiro atoms. The van der Waals surface area contributed by atoms with Gasteiger partial charge in [-0.2, -0.15) is 0 Å². The summed E-state index contributed by atoms with van der Waals surface area (Å²) in [5, 5.41) is 3.21. The second-order valence-corrected chi connectivity index (χ2v) is 3.37. The summed E-state index contributed by atoms with van der Waals surface area (Å²) in [4.78, 5) is 10.9. The molecule has 0 unspecified atom stereocenters. The number of hydrogen-bond donors (Lipinski definition) is 1.